The van der Waals surface area contributed by atoms with E-state index in [1.165, 1.54) is 0 Å². The second kappa shape index (κ2) is 6.61. The molecule has 0 amide bonds. The van der Waals surface area contributed by atoms with E-state index in [0.717, 1.165) is 39.4 Å². The lowest BCUT2D eigenvalue weighted by Crippen LogP contribution is -2.15. The van der Waals surface area contributed by atoms with Gasteiger partial charge in [-0.3, -0.25) is 10.4 Å². The number of hydrogen-bond donors (Lipinski definition) is 1. The molecule has 126 valence electrons. The summed E-state index contributed by atoms with van der Waals surface area (Å²) in [4.78, 5) is 4.33. The average molecular weight is 354 g/mol. The van der Waals surface area contributed by atoms with E-state index in [0.29, 0.717) is 18.2 Å². The van der Waals surface area contributed by atoms with E-state index < -0.39 is 0 Å². The summed E-state index contributed by atoms with van der Waals surface area (Å²) in [6.45, 7) is 3.09. The fourth-order valence-electron chi connectivity index (χ4n) is 2.70. The molecule has 0 atom stereocenters. The van der Waals surface area contributed by atoms with Crippen molar-refractivity contribution in [2.45, 2.75) is 6.92 Å². The molecule has 1 N–H and O–H groups in total. The molecule has 0 spiro atoms. The Labute approximate surface area is 150 Å². The summed E-state index contributed by atoms with van der Waals surface area (Å²) in [5.41, 5.74) is 6.63. The van der Waals surface area contributed by atoms with Crippen LogP contribution in [0.25, 0.3) is 10.9 Å². The van der Waals surface area contributed by atoms with E-state index in [9.17, 15) is 0 Å². The van der Waals surface area contributed by atoms with Crippen LogP contribution >= 0.6 is 11.6 Å². The van der Waals surface area contributed by atoms with Gasteiger partial charge in [0.05, 0.1) is 16.9 Å². The maximum absolute atomic E-state index is 6.03. The van der Waals surface area contributed by atoms with Gasteiger partial charge in [-0.05, 0) is 49.4 Å². The summed E-state index contributed by atoms with van der Waals surface area (Å²) in [6.07, 6.45) is 1.73. The highest BCUT2D eigenvalue weighted by molar-refractivity contribution is 6.31. The van der Waals surface area contributed by atoms with E-state index in [2.05, 4.69) is 15.5 Å². The summed E-state index contributed by atoms with van der Waals surface area (Å²) in [5.74, 6) is 1.52. The van der Waals surface area contributed by atoms with Crippen LogP contribution in [0.1, 0.15) is 12.5 Å². The number of nitrogens with one attached hydrogen (secondary N) is 1. The first-order chi connectivity index (χ1) is 12.2. The largest absolute Gasteiger partial charge is 0.486 e. The summed E-state index contributed by atoms with van der Waals surface area (Å²) >= 11 is 6.03. The highest BCUT2D eigenvalue weighted by Gasteiger charge is 2.12. The Kier molecular flexibility index (Phi) is 4.15. The molecule has 2 heterocycles. The Morgan fingerprint density at radius 1 is 1.08 bits per heavy atom. The van der Waals surface area contributed by atoms with E-state index in [1.807, 2.05) is 49.4 Å². The van der Waals surface area contributed by atoms with Gasteiger partial charge in [-0.25, -0.2) is 0 Å². The number of rotatable bonds is 3. The molecule has 0 saturated heterocycles. The number of fused-ring (bicyclic) bond motifs is 2. The topological polar surface area (TPSA) is 55.7 Å². The fourth-order valence-corrected chi connectivity index (χ4v) is 2.86. The van der Waals surface area contributed by atoms with Crippen molar-refractivity contribution in [1.29, 1.82) is 0 Å². The molecule has 3 aromatic rings. The number of hydrogen-bond acceptors (Lipinski definition) is 5. The number of hydrazone groups is 1. The minimum absolute atomic E-state index is 0.566. The van der Waals surface area contributed by atoms with Gasteiger partial charge in [0, 0.05) is 22.2 Å². The molecule has 6 heteroatoms. The number of benzene rings is 2. The van der Waals surface area contributed by atoms with Crippen molar-refractivity contribution in [2.24, 2.45) is 5.10 Å². The minimum Gasteiger partial charge on any atom is -0.486 e. The SMILES string of the molecule is C/C(=N/Nc1ccnc2cc(Cl)ccc12)c1ccc2c(c1)OCCO2. The van der Waals surface area contributed by atoms with Gasteiger partial charge >= 0.3 is 0 Å². The number of ether oxygens (including phenoxy) is 2. The van der Waals surface area contributed by atoms with Crippen molar-refractivity contribution < 1.29 is 9.47 Å². The quantitative estimate of drug-likeness (QED) is 0.556. The number of aromatic nitrogens is 1. The zero-order chi connectivity index (χ0) is 17.2. The lowest BCUT2D eigenvalue weighted by Gasteiger charge is -2.18. The van der Waals surface area contributed by atoms with Gasteiger partial charge in [-0.1, -0.05) is 11.6 Å². The van der Waals surface area contributed by atoms with Crippen LogP contribution in [0.5, 0.6) is 11.5 Å². The summed E-state index contributed by atoms with van der Waals surface area (Å²) < 4.78 is 11.2. The highest BCUT2D eigenvalue weighted by Crippen LogP contribution is 2.31. The van der Waals surface area contributed by atoms with E-state index in [4.69, 9.17) is 21.1 Å². The molecule has 4 rings (SSSR count). The van der Waals surface area contributed by atoms with Crippen LogP contribution in [0.15, 0.2) is 53.8 Å². The van der Waals surface area contributed by atoms with Crippen molar-refractivity contribution in [2.75, 3.05) is 18.6 Å². The van der Waals surface area contributed by atoms with Crippen LogP contribution in [-0.4, -0.2) is 23.9 Å². The normalized spacial score (nSPS) is 13.8. The monoisotopic (exact) mass is 353 g/mol. The van der Waals surface area contributed by atoms with Crippen molar-refractivity contribution in [3.63, 3.8) is 0 Å². The highest BCUT2D eigenvalue weighted by atomic mass is 35.5. The van der Waals surface area contributed by atoms with Crippen LogP contribution in [0.3, 0.4) is 0 Å². The van der Waals surface area contributed by atoms with E-state index >= 15 is 0 Å². The standard InChI is InChI=1S/C19H16ClN3O2/c1-12(13-2-5-18-19(10-13)25-9-8-24-18)22-23-16-6-7-21-17-11-14(20)3-4-15(16)17/h2-7,10-11H,8-9H2,1H3,(H,21,23)/b22-12-. The molecule has 5 nitrogen and oxygen atoms in total. The van der Waals surface area contributed by atoms with Gasteiger partial charge in [-0.15, -0.1) is 0 Å². The molecule has 0 saturated carbocycles. The van der Waals surface area contributed by atoms with E-state index in [1.54, 1.807) is 6.20 Å². The second-order valence-electron chi connectivity index (χ2n) is 5.69. The zero-order valence-corrected chi connectivity index (χ0v) is 14.4. The van der Waals surface area contributed by atoms with Crippen molar-refractivity contribution in [3.8, 4) is 11.5 Å². The molecule has 0 radical (unpaired) electrons. The molecule has 1 aromatic heterocycles. The predicted molar refractivity (Wildman–Crippen MR) is 100 cm³/mol. The smallest absolute Gasteiger partial charge is 0.162 e. The first-order valence-electron chi connectivity index (χ1n) is 7.95. The molecule has 0 fully saturated rings. The van der Waals surface area contributed by atoms with Gasteiger partial charge in [0.15, 0.2) is 11.5 Å². The second-order valence-corrected chi connectivity index (χ2v) is 6.12. The van der Waals surface area contributed by atoms with Crippen molar-refractivity contribution in [3.05, 3.63) is 59.2 Å². The van der Waals surface area contributed by atoms with Gasteiger partial charge in [0.1, 0.15) is 13.2 Å². The Hall–Kier alpha value is -2.79. The summed E-state index contributed by atoms with van der Waals surface area (Å²) in [7, 11) is 0. The Morgan fingerprint density at radius 2 is 1.92 bits per heavy atom. The third-order valence-electron chi connectivity index (χ3n) is 4.01. The molecule has 0 unspecified atom stereocenters. The number of pyridine rings is 1. The fraction of sp³-hybridized carbons (Fsp3) is 0.158. The van der Waals surface area contributed by atoms with Gasteiger partial charge in [-0.2, -0.15) is 5.10 Å². The molecule has 0 bridgehead atoms. The molecule has 25 heavy (non-hydrogen) atoms. The van der Waals surface area contributed by atoms with Gasteiger partial charge < -0.3 is 9.47 Å². The molecular formula is C19H16ClN3O2. The molecule has 0 aliphatic carbocycles. The van der Waals surface area contributed by atoms with Crippen LogP contribution in [0.2, 0.25) is 5.02 Å². The number of nitrogens with zero attached hydrogens (tertiary/aromatic N) is 2. The van der Waals surface area contributed by atoms with Gasteiger partial charge in [0.2, 0.25) is 0 Å². The first kappa shape index (κ1) is 15.7. The molecule has 1 aliphatic rings. The molecule has 2 aromatic carbocycles. The Balaban J connectivity index is 1.61. The molecular weight excluding hydrogens is 338 g/mol. The van der Waals surface area contributed by atoms with Crippen LogP contribution in [-0.2, 0) is 0 Å². The lowest BCUT2D eigenvalue weighted by molar-refractivity contribution is 0.171. The third kappa shape index (κ3) is 3.23. The van der Waals surface area contributed by atoms with Crippen LogP contribution in [0, 0.1) is 0 Å². The Morgan fingerprint density at radius 3 is 2.80 bits per heavy atom. The maximum Gasteiger partial charge on any atom is 0.162 e. The zero-order valence-electron chi connectivity index (χ0n) is 13.6. The van der Waals surface area contributed by atoms with Gasteiger partial charge in [0.25, 0.3) is 0 Å². The number of halogens is 1. The number of anilines is 1. The predicted octanol–water partition coefficient (Wildman–Crippen LogP) is 4.50. The van der Waals surface area contributed by atoms with Crippen LogP contribution < -0.4 is 14.9 Å². The minimum atomic E-state index is 0.566. The van der Waals surface area contributed by atoms with Crippen LogP contribution in [0.4, 0.5) is 5.69 Å². The van der Waals surface area contributed by atoms with E-state index in [-0.39, 0.29) is 0 Å². The van der Waals surface area contributed by atoms with Crippen molar-refractivity contribution >= 4 is 33.9 Å². The van der Waals surface area contributed by atoms with Crippen molar-refractivity contribution in [1.82, 2.24) is 4.98 Å². The molecule has 1 aliphatic heterocycles. The average Bonchev–Trinajstić information content (AvgIpc) is 2.65. The first-order valence-corrected chi connectivity index (χ1v) is 8.33. The lowest BCUT2D eigenvalue weighted by atomic mass is 10.1. The maximum atomic E-state index is 6.03. The third-order valence-corrected chi connectivity index (χ3v) is 4.24. The Bertz CT molecular complexity index is 972. The summed E-state index contributed by atoms with van der Waals surface area (Å²) in [6, 6.07) is 13.3. The summed E-state index contributed by atoms with van der Waals surface area (Å²) in [5, 5.41) is 6.12.